The molecule has 0 spiro atoms. The molecule has 0 aliphatic carbocycles. The quantitative estimate of drug-likeness (QED) is 0.120. The number of carbonyl (C=O) groups excluding carboxylic acids is 3. The van der Waals surface area contributed by atoms with Gasteiger partial charge in [0.05, 0.1) is 20.9 Å². The van der Waals surface area contributed by atoms with E-state index in [9.17, 15) is 38.1 Å². The lowest BCUT2D eigenvalue weighted by atomic mass is 10.1. The summed E-state index contributed by atoms with van der Waals surface area (Å²) in [6.07, 6.45) is 0.851. The van der Waals surface area contributed by atoms with Crippen LogP contribution in [0.5, 0.6) is 0 Å². The van der Waals surface area contributed by atoms with Crippen molar-refractivity contribution in [3.05, 3.63) is 69.8 Å². The third-order valence-electron chi connectivity index (χ3n) is 6.69. The van der Waals surface area contributed by atoms with E-state index in [1.54, 1.807) is 45.0 Å². The van der Waals surface area contributed by atoms with Crippen molar-refractivity contribution < 1.29 is 37.7 Å². The molecule has 3 rings (SSSR count). The molecule has 2 N–H and O–H groups in total. The number of alkyl carbamates (subject to hydrolysis) is 1. The molecule has 1 heterocycles. The lowest BCUT2D eigenvalue weighted by Crippen LogP contribution is -2.37. The number of nitro benzene ring substituents is 1. The van der Waals surface area contributed by atoms with Crippen molar-refractivity contribution in [1.82, 2.24) is 19.6 Å². The number of nitrogens with zero attached hydrogens (tertiary/aromatic N) is 4. The number of hydrogen-bond acceptors (Lipinski definition) is 10. The zero-order chi connectivity index (χ0) is 32.5. The number of hydroxylamine groups is 2. The largest absolute Gasteiger partial charge is 0.444 e. The zero-order valence-corrected chi connectivity index (χ0v) is 25.9. The van der Waals surface area contributed by atoms with Gasteiger partial charge in [-0.15, -0.1) is 0 Å². The van der Waals surface area contributed by atoms with Crippen LogP contribution in [0.1, 0.15) is 67.2 Å². The Balaban J connectivity index is 1.50. The predicted molar refractivity (Wildman–Crippen MR) is 160 cm³/mol. The van der Waals surface area contributed by atoms with Gasteiger partial charge in [0.2, 0.25) is 10.0 Å². The molecule has 0 fully saturated rings. The Morgan fingerprint density at radius 2 is 1.48 bits per heavy atom. The number of imide groups is 1. The first-order valence-electron chi connectivity index (χ1n) is 14.3. The van der Waals surface area contributed by atoms with Gasteiger partial charge in [0.15, 0.2) is 0 Å². The Kier molecular flexibility index (Phi) is 11.9. The molecule has 14 nitrogen and oxygen atoms in total. The Hall–Kier alpha value is -3.92. The Morgan fingerprint density at radius 3 is 2.05 bits per heavy atom. The van der Waals surface area contributed by atoms with Gasteiger partial charge in [0, 0.05) is 51.4 Å². The van der Waals surface area contributed by atoms with E-state index in [2.05, 4.69) is 5.32 Å². The van der Waals surface area contributed by atoms with E-state index in [4.69, 9.17) is 4.74 Å². The molecule has 0 radical (unpaired) electrons. The molecule has 1 aliphatic heterocycles. The van der Waals surface area contributed by atoms with E-state index in [0.29, 0.717) is 30.4 Å². The SMILES string of the molecule is CC(C)(C)OC(=O)NCCCN(CCCCN(O)CCCN1C(=O)c2ccccc2C1=O)S(=O)(=O)c1ccc([N+](=O)[O-])cc1. The van der Waals surface area contributed by atoms with Crippen molar-refractivity contribution in [2.45, 2.75) is 57.0 Å². The number of sulfonamides is 1. The van der Waals surface area contributed by atoms with E-state index in [1.165, 1.54) is 16.4 Å². The highest BCUT2D eigenvalue weighted by Gasteiger charge is 2.34. The standard InChI is InChI=1S/C29H39N5O9S/c1-29(2,3)43-28(37)30-16-8-20-32(44(41,42)23-14-12-22(13-15-23)34(39)40)19-7-6-17-31(38)18-9-21-33-26(35)24-10-4-5-11-25(24)27(33)36/h4-5,10-15,38H,6-9,16-21H2,1-3H3,(H,30,37). The Bertz CT molecular complexity index is 1410. The normalized spacial score (nSPS) is 13.5. The number of unbranched alkanes of at least 4 members (excludes halogenated alkanes) is 1. The summed E-state index contributed by atoms with van der Waals surface area (Å²) in [5, 5.41) is 25.0. The number of nitro groups is 1. The molecule has 0 bridgehead atoms. The van der Waals surface area contributed by atoms with E-state index < -0.39 is 26.6 Å². The summed E-state index contributed by atoms with van der Waals surface area (Å²) in [7, 11) is -4.01. The second kappa shape index (κ2) is 15.2. The Morgan fingerprint density at radius 1 is 0.932 bits per heavy atom. The van der Waals surface area contributed by atoms with Crippen LogP contribution in [0.2, 0.25) is 0 Å². The predicted octanol–water partition coefficient (Wildman–Crippen LogP) is 3.66. The van der Waals surface area contributed by atoms with Crippen molar-refractivity contribution in [2.24, 2.45) is 0 Å². The highest BCUT2D eigenvalue weighted by molar-refractivity contribution is 7.89. The average molecular weight is 634 g/mol. The summed E-state index contributed by atoms with van der Waals surface area (Å²) in [5.41, 5.74) is -0.173. The summed E-state index contributed by atoms with van der Waals surface area (Å²) >= 11 is 0. The molecule has 44 heavy (non-hydrogen) atoms. The summed E-state index contributed by atoms with van der Waals surface area (Å²) in [6.45, 7) is 6.11. The second-order valence-electron chi connectivity index (χ2n) is 11.3. The van der Waals surface area contributed by atoms with Gasteiger partial charge in [0.25, 0.3) is 17.5 Å². The summed E-state index contributed by atoms with van der Waals surface area (Å²) in [5.74, 6) is -0.712. The molecular formula is C29H39N5O9S. The van der Waals surface area contributed by atoms with E-state index in [0.717, 1.165) is 22.1 Å². The van der Waals surface area contributed by atoms with Gasteiger partial charge in [-0.2, -0.15) is 9.37 Å². The molecular weight excluding hydrogens is 594 g/mol. The number of rotatable bonds is 16. The topological polar surface area (TPSA) is 180 Å². The van der Waals surface area contributed by atoms with Crippen molar-refractivity contribution >= 4 is 33.6 Å². The molecule has 2 aromatic carbocycles. The lowest BCUT2D eigenvalue weighted by molar-refractivity contribution is -0.384. The van der Waals surface area contributed by atoms with E-state index in [1.807, 2.05) is 0 Å². The van der Waals surface area contributed by atoms with Crippen molar-refractivity contribution in [2.75, 3.05) is 39.3 Å². The molecule has 0 saturated heterocycles. The van der Waals surface area contributed by atoms with Crippen LogP contribution in [0.15, 0.2) is 53.4 Å². The van der Waals surface area contributed by atoms with Crippen molar-refractivity contribution in [1.29, 1.82) is 0 Å². The molecule has 0 aromatic heterocycles. The fourth-order valence-corrected chi connectivity index (χ4v) is 6.07. The maximum absolute atomic E-state index is 13.4. The molecule has 15 heteroatoms. The first-order chi connectivity index (χ1) is 20.7. The first-order valence-corrected chi connectivity index (χ1v) is 15.8. The van der Waals surface area contributed by atoms with Gasteiger partial charge >= 0.3 is 6.09 Å². The summed E-state index contributed by atoms with van der Waals surface area (Å²) < 4.78 is 33.2. The molecule has 0 unspecified atom stereocenters. The monoisotopic (exact) mass is 633 g/mol. The fourth-order valence-electron chi connectivity index (χ4n) is 4.55. The fraction of sp³-hybridized carbons (Fsp3) is 0.483. The molecule has 0 atom stereocenters. The van der Waals surface area contributed by atoms with Crippen molar-refractivity contribution in [3.8, 4) is 0 Å². The molecule has 3 amide bonds. The van der Waals surface area contributed by atoms with Gasteiger partial charge in [-0.1, -0.05) is 12.1 Å². The first kappa shape index (κ1) is 34.6. The highest BCUT2D eigenvalue weighted by atomic mass is 32.2. The minimum absolute atomic E-state index is 0.0677. The van der Waals surface area contributed by atoms with Crippen LogP contribution >= 0.6 is 0 Å². The number of non-ortho nitro benzene ring substituents is 1. The zero-order valence-electron chi connectivity index (χ0n) is 25.1. The number of ether oxygens (including phenoxy) is 1. The third-order valence-corrected chi connectivity index (χ3v) is 8.60. The minimum Gasteiger partial charge on any atom is -0.444 e. The number of hydrogen-bond donors (Lipinski definition) is 2. The molecule has 1 aliphatic rings. The summed E-state index contributed by atoms with van der Waals surface area (Å²) in [6, 6.07) is 11.2. The van der Waals surface area contributed by atoms with Crippen LogP contribution < -0.4 is 5.32 Å². The number of fused-ring (bicyclic) bond motifs is 1. The van der Waals surface area contributed by atoms with Gasteiger partial charge in [0.1, 0.15) is 5.60 Å². The number of amides is 3. The highest BCUT2D eigenvalue weighted by Crippen LogP contribution is 2.23. The van der Waals surface area contributed by atoms with Crippen LogP contribution in [0.3, 0.4) is 0 Å². The number of benzene rings is 2. The molecule has 0 saturated carbocycles. The lowest BCUT2D eigenvalue weighted by Gasteiger charge is -2.23. The van der Waals surface area contributed by atoms with Gasteiger partial charge in [-0.05, 0) is 70.7 Å². The maximum Gasteiger partial charge on any atom is 0.407 e. The second-order valence-corrected chi connectivity index (χ2v) is 13.2. The van der Waals surface area contributed by atoms with Crippen LogP contribution in [0.4, 0.5) is 10.5 Å². The maximum atomic E-state index is 13.4. The minimum atomic E-state index is -4.01. The average Bonchev–Trinajstić information content (AvgIpc) is 3.20. The van der Waals surface area contributed by atoms with Crippen LogP contribution in [-0.2, 0) is 14.8 Å². The van der Waals surface area contributed by atoms with Crippen LogP contribution in [0.25, 0.3) is 0 Å². The smallest absolute Gasteiger partial charge is 0.407 e. The van der Waals surface area contributed by atoms with Crippen LogP contribution in [-0.4, -0.2) is 95.6 Å². The number of nitrogens with one attached hydrogen (secondary N) is 1. The summed E-state index contributed by atoms with van der Waals surface area (Å²) in [4.78, 5) is 48.4. The van der Waals surface area contributed by atoms with Gasteiger partial charge in [-0.3, -0.25) is 24.6 Å². The molecule has 240 valence electrons. The van der Waals surface area contributed by atoms with Crippen molar-refractivity contribution in [3.63, 3.8) is 0 Å². The number of carbonyl (C=O) groups is 3. The van der Waals surface area contributed by atoms with Crippen LogP contribution in [0, 0.1) is 10.1 Å². The van der Waals surface area contributed by atoms with E-state index >= 15 is 0 Å². The Labute approximate surface area is 256 Å². The van der Waals surface area contributed by atoms with Gasteiger partial charge < -0.3 is 15.3 Å². The molecule has 2 aromatic rings. The van der Waals surface area contributed by atoms with Gasteiger partial charge in [-0.25, -0.2) is 13.2 Å². The third kappa shape index (κ3) is 9.54. The van der Waals surface area contributed by atoms with E-state index in [-0.39, 0.29) is 68.1 Å².